The van der Waals surface area contributed by atoms with E-state index in [1.807, 2.05) is 20.9 Å². The van der Waals surface area contributed by atoms with E-state index in [1.54, 1.807) is 16.2 Å². The summed E-state index contributed by atoms with van der Waals surface area (Å²) in [5.74, 6) is -0.0259. The van der Waals surface area contributed by atoms with E-state index in [4.69, 9.17) is 5.73 Å². The first-order chi connectivity index (χ1) is 7.84. The number of carbonyl (C=O) groups excluding carboxylic acids is 1. The molecule has 3 nitrogen and oxygen atoms in total. The molecule has 0 saturated carbocycles. The zero-order valence-corrected chi connectivity index (χ0v) is 12.0. The van der Waals surface area contributed by atoms with E-state index in [9.17, 15) is 4.79 Å². The lowest BCUT2D eigenvalue weighted by Gasteiger charge is -2.28. The Kier molecular flexibility index (Phi) is 4.71. The van der Waals surface area contributed by atoms with E-state index in [-0.39, 0.29) is 23.9 Å². The molecule has 0 saturated heterocycles. The maximum Gasteiger partial charge on any atom is 0.227 e. The summed E-state index contributed by atoms with van der Waals surface area (Å²) in [5.41, 5.74) is 5.77. The van der Waals surface area contributed by atoms with Gasteiger partial charge in [0.05, 0.1) is 12.0 Å². The molecule has 1 aromatic rings. The van der Waals surface area contributed by atoms with Crippen LogP contribution in [0.2, 0.25) is 0 Å². The summed E-state index contributed by atoms with van der Waals surface area (Å²) in [6, 6.07) is 4.18. The number of hydrogen-bond donors (Lipinski definition) is 1. The molecule has 17 heavy (non-hydrogen) atoms. The third-order valence-corrected chi connectivity index (χ3v) is 4.45. The van der Waals surface area contributed by atoms with Gasteiger partial charge in [0.1, 0.15) is 0 Å². The molecule has 1 heterocycles. The van der Waals surface area contributed by atoms with E-state index in [2.05, 4.69) is 26.0 Å². The summed E-state index contributed by atoms with van der Waals surface area (Å²) in [5, 5.41) is 0. The lowest BCUT2D eigenvalue weighted by molar-refractivity contribution is -0.136. The van der Waals surface area contributed by atoms with Crippen LogP contribution in [0, 0.1) is 12.8 Å². The van der Waals surface area contributed by atoms with Gasteiger partial charge in [-0.15, -0.1) is 11.3 Å². The molecule has 96 valence electrons. The van der Waals surface area contributed by atoms with Crippen molar-refractivity contribution >= 4 is 17.2 Å². The zero-order chi connectivity index (χ0) is 13.2. The van der Waals surface area contributed by atoms with E-state index >= 15 is 0 Å². The van der Waals surface area contributed by atoms with Crippen molar-refractivity contribution in [2.24, 2.45) is 11.7 Å². The Hall–Kier alpha value is -0.870. The highest BCUT2D eigenvalue weighted by molar-refractivity contribution is 7.12. The van der Waals surface area contributed by atoms with Gasteiger partial charge in [-0.05, 0) is 32.9 Å². The van der Waals surface area contributed by atoms with Crippen LogP contribution < -0.4 is 5.73 Å². The van der Waals surface area contributed by atoms with Crippen LogP contribution in [0.5, 0.6) is 0 Å². The minimum Gasteiger partial charge on any atom is -0.338 e. The number of amides is 1. The van der Waals surface area contributed by atoms with Gasteiger partial charge < -0.3 is 10.6 Å². The number of aryl methyl sites for hydroxylation is 1. The second-order valence-electron chi connectivity index (χ2n) is 4.72. The summed E-state index contributed by atoms with van der Waals surface area (Å²) in [7, 11) is 1.85. The number of carbonyl (C=O) groups is 1. The number of nitrogens with two attached hydrogens (primary N) is 1. The van der Waals surface area contributed by atoms with Gasteiger partial charge >= 0.3 is 0 Å². The minimum absolute atomic E-state index is 0.109. The molecule has 0 bridgehead atoms. The monoisotopic (exact) mass is 254 g/mol. The number of nitrogens with zero attached hydrogens (tertiary/aromatic N) is 1. The first-order valence-electron chi connectivity index (χ1n) is 5.93. The summed E-state index contributed by atoms with van der Waals surface area (Å²) in [4.78, 5) is 16.4. The third kappa shape index (κ3) is 3.30. The Morgan fingerprint density at radius 3 is 2.35 bits per heavy atom. The zero-order valence-electron chi connectivity index (χ0n) is 11.2. The Labute approximate surface area is 108 Å². The standard InChI is InChI=1S/C13H22N2OS/c1-8-6-7-12(17-8)11(4)15(5)13(16)9(2)10(3)14/h6-7,9-11H,14H2,1-5H3. The number of rotatable bonds is 4. The van der Waals surface area contributed by atoms with Crippen LogP contribution in [-0.4, -0.2) is 23.9 Å². The van der Waals surface area contributed by atoms with Gasteiger partial charge in [-0.25, -0.2) is 0 Å². The van der Waals surface area contributed by atoms with Crippen molar-refractivity contribution in [1.82, 2.24) is 4.90 Å². The van der Waals surface area contributed by atoms with Gasteiger partial charge in [-0.3, -0.25) is 4.79 Å². The topological polar surface area (TPSA) is 46.3 Å². The van der Waals surface area contributed by atoms with Crippen molar-refractivity contribution in [3.8, 4) is 0 Å². The molecule has 1 aromatic heterocycles. The maximum absolute atomic E-state index is 12.2. The predicted molar refractivity (Wildman–Crippen MR) is 73.1 cm³/mol. The van der Waals surface area contributed by atoms with Crippen molar-refractivity contribution < 1.29 is 4.79 Å². The SMILES string of the molecule is Cc1ccc(C(C)N(C)C(=O)C(C)C(C)N)s1. The normalized spacial score (nSPS) is 16.4. The highest BCUT2D eigenvalue weighted by Crippen LogP contribution is 2.27. The Morgan fingerprint density at radius 2 is 1.94 bits per heavy atom. The lowest BCUT2D eigenvalue weighted by atomic mass is 10.0. The first kappa shape index (κ1) is 14.2. The van der Waals surface area contributed by atoms with Crippen LogP contribution in [-0.2, 0) is 4.79 Å². The quantitative estimate of drug-likeness (QED) is 0.897. The van der Waals surface area contributed by atoms with E-state index < -0.39 is 0 Å². The molecule has 0 aliphatic carbocycles. The van der Waals surface area contributed by atoms with Crippen LogP contribution in [0.1, 0.15) is 36.6 Å². The Morgan fingerprint density at radius 1 is 1.35 bits per heavy atom. The molecule has 3 unspecified atom stereocenters. The summed E-state index contributed by atoms with van der Waals surface area (Å²) in [6.45, 7) is 7.89. The van der Waals surface area contributed by atoms with Gasteiger partial charge in [0.25, 0.3) is 0 Å². The molecule has 0 aromatic carbocycles. The van der Waals surface area contributed by atoms with Crippen LogP contribution in [0.3, 0.4) is 0 Å². The maximum atomic E-state index is 12.2. The van der Waals surface area contributed by atoms with Crippen molar-refractivity contribution in [2.45, 2.75) is 39.8 Å². The second kappa shape index (κ2) is 5.65. The average molecular weight is 254 g/mol. The highest BCUT2D eigenvalue weighted by Gasteiger charge is 2.25. The van der Waals surface area contributed by atoms with Crippen molar-refractivity contribution in [3.05, 3.63) is 21.9 Å². The molecule has 0 radical (unpaired) electrons. The van der Waals surface area contributed by atoms with Crippen LogP contribution in [0.15, 0.2) is 12.1 Å². The predicted octanol–water partition coefficient (Wildman–Crippen LogP) is 2.56. The first-order valence-corrected chi connectivity index (χ1v) is 6.74. The molecule has 4 heteroatoms. The van der Waals surface area contributed by atoms with Gasteiger partial charge in [-0.1, -0.05) is 6.92 Å². The largest absolute Gasteiger partial charge is 0.338 e. The minimum atomic E-state index is -0.136. The summed E-state index contributed by atoms with van der Waals surface area (Å²) < 4.78 is 0. The van der Waals surface area contributed by atoms with Gasteiger partial charge in [0.2, 0.25) is 5.91 Å². The lowest BCUT2D eigenvalue weighted by Crippen LogP contribution is -2.40. The fourth-order valence-electron chi connectivity index (χ4n) is 1.61. The molecule has 0 aliphatic rings. The molecular formula is C13H22N2OS. The van der Waals surface area contributed by atoms with Crippen LogP contribution in [0.4, 0.5) is 0 Å². The van der Waals surface area contributed by atoms with E-state index in [0.717, 1.165) is 0 Å². The summed E-state index contributed by atoms with van der Waals surface area (Å²) in [6.07, 6.45) is 0. The average Bonchev–Trinajstić information content (AvgIpc) is 2.71. The van der Waals surface area contributed by atoms with Gasteiger partial charge in [-0.2, -0.15) is 0 Å². The van der Waals surface area contributed by atoms with Gasteiger partial charge in [0.15, 0.2) is 0 Å². The Bertz CT molecular complexity index is 387. The number of thiophene rings is 1. The fourth-order valence-corrected chi connectivity index (χ4v) is 2.58. The second-order valence-corrected chi connectivity index (χ2v) is 6.04. The van der Waals surface area contributed by atoms with E-state index in [0.29, 0.717) is 0 Å². The van der Waals surface area contributed by atoms with E-state index in [1.165, 1.54) is 9.75 Å². The molecule has 0 fully saturated rings. The van der Waals surface area contributed by atoms with Gasteiger partial charge in [0, 0.05) is 22.8 Å². The van der Waals surface area contributed by atoms with Crippen molar-refractivity contribution in [2.75, 3.05) is 7.05 Å². The fraction of sp³-hybridized carbons (Fsp3) is 0.615. The van der Waals surface area contributed by atoms with Crippen LogP contribution in [0.25, 0.3) is 0 Å². The number of hydrogen-bond acceptors (Lipinski definition) is 3. The van der Waals surface area contributed by atoms with Crippen molar-refractivity contribution in [1.29, 1.82) is 0 Å². The molecule has 2 N–H and O–H groups in total. The molecule has 0 aliphatic heterocycles. The third-order valence-electron chi connectivity index (χ3n) is 3.28. The molecular weight excluding hydrogens is 232 g/mol. The molecule has 0 spiro atoms. The molecule has 3 atom stereocenters. The Balaban J connectivity index is 2.76. The highest BCUT2D eigenvalue weighted by atomic mass is 32.1. The molecule has 1 rings (SSSR count). The van der Waals surface area contributed by atoms with Crippen molar-refractivity contribution in [3.63, 3.8) is 0 Å². The summed E-state index contributed by atoms with van der Waals surface area (Å²) >= 11 is 1.74. The van der Waals surface area contributed by atoms with Crippen LogP contribution >= 0.6 is 11.3 Å². The smallest absolute Gasteiger partial charge is 0.227 e. The molecule has 1 amide bonds.